The van der Waals surface area contributed by atoms with Crippen molar-refractivity contribution in [2.45, 2.75) is 45.1 Å². The summed E-state index contributed by atoms with van der Waals surface area (Å²) in [6.07, 6.45) is 3.25. The lowest BCUT2D eigenvalue weighted by molar-refractivity contribution is -0.139. The molecular formula is C16H19NO2. The van der Waals surface area contributed by atoms with Crippen molar-refractivity contribution in [2.24, 2.45) is 0 Å². The van der Waals surface area contributed by atoms with Gasteiger partial charge in [-0.2, -0.15) is 0 Å². The van der Waals surface area contributed by atoms with E-state index in [0.717, 1.165) is 19.3 Å². The van der Waals surface area contributed by atoms with Gasteiger partial charge in [0.15, 0.2) is 0 Å². The quantitative estimate of drug-likeness (QED) is 0.895. The van der Waals surface area contributed by atoms with Crippen LogP contribution in [-0.2, 0) is 16.8 Å². The highest BCUT2D eigenvalue weighted by atomic mass is 16.4. The second-order valence-electron chi connectivity index (χ2n) is 5.85. The molecule has 100 valence electrons. The Morgan fingerprint density at radius 3 is 2.89 bits per heavy atom. The molecule has 1 atom stereocenters. The van der Waals surface area contributed by atoms with Crippen LogP contribution in [0.2, 0.25) is 0 Å². The molecule has 0 bridgehead atoms. The first kappa shape index (κ1) is 12.3. The van der Waals surface area contributed by atoms with Crippen LogP contribution in [-0.4, -0.2) is 15.6 Å². The van der Waals surface area contributed by atoms with E-state index < -0.39 is 5.97 Å². The number of nitrogens with zero attached hydrogens (tertiary/aromatic N) is 1. The highest BCUT2D eigenvalue weighted by Crippen LogP contribution is 2.40. The molecule has 1 unspecified atom stereocenters. The molecule has 0 spiro atoms. The van der Waals surface area contributed by atoms with Crippen LogP contribution < -0.4 is 0 Å². The number of aromatic nitrogens is 1. The van der Waals surface area contributed by atoms with Gasteiger partial charge in [-0.05, 0) is 44.7 Å². The van der Waals surface area contributed by atoms with E-state index in [9.17, 15) is 9.90 Å². The predicted octanol–water partition coefficient (Wildman–Crippen LogP) is 3.48. The maximum Gasteiger partial charge on any atom is 0.305 e. The second kappa shape index (κ2) is 4.12. The van der Waals surface area contributed by atoms with Gasteiger partial charge in [0.1, 0.15) is 0 Å². The van der Waals surface area contributed by atoms with E-state index in [0.29, 0.717) is 0 Å². The predicted molar refractivity (Wildman–Crippen MR) is 75.5 cm³/mol. The first-order valence-electron chi connectivity index (χ1n) is 6.84. The molecule has 1 aromatic heterocycles. The van der Waals surface area contributed by atoms with Gasteiger partial charge in [0.2, 0.25) is 0 Å². The molecule has 2 heterocycles. The first-order chi connectivity index (χ1) is 9.03. The third kappa shape index (κ3) is 1.76. The van der Waals surface area contributed by atoms with Crippen LogP contribution in [0, 0.1) is 6.92 Å². The lowest BCUT2D eigenvalue weighted by atomic mass is 9.86. The van der Waals surface area contributed by atoms with E-state index in [1.807, 2.05) is 6.07 Å². The van der Waals surface area contributed by atoms with Crippen molar-refractivity contribution in [3.05, 3.63) is 35.5 Å². The van der Waals surface area contributed by atoms with Crippen LogP contribution in [0.3, 0.4) is 0 Å². The van der Waals surface area contributed by atoms with Gasteiger partial charge < -0.3 is 9.67 Å². The smallest absolute Gasteiger partial charge is 0.305 e. The van der Waals surface area contributed by atoms with Crippen molar-refractivity contribution in [1.82, 2.24) is 4.57 Å². The Morgan fingerprint density at radius 2 is 2.16 bits per heavy atom. The molecule has 1 aliphatic rings. The van der Waals surface area contributed by atoms with Gasteiger partial charge in [0.25, 0.3) is 0 Å². The molecule has 19 heavy (non-hydrogen) atoms. The Hall–Kier alpha value is -1.77. The fourth-order valence-electron chi connectivity index (χ4n) is 3.61. The van der Waals surface area contributed by atoms with Crippen LogP contribution in [0.15, 0.2) is 24.3 Å². The third-order valence-electron chi connectivity index (χ3n) is 4.45. The summed E-state index contributed by atoms with van der Waals surface area (Å²) in [5.41, 5.74) is 3.51. The molecule has 1 aromatic carbocycles. The number of aryl methyl sites for hydroxylation is 1. The van der Waals surface area contributed by atoms with E-state index in [1.165, 1.54) is 22.2 Å². The topological polar surface area (TPSA) is 42.2 Å². The lowest BCUT2D eigenvalue weighted by Crippen LogP contribution is -2.37. The van der Waals surface area contributed by atoms with Crippen molar-refractivity contribution < 1.29 is 9.90 Å². The van der Waals surface area contributed by atoms with Gasteiger partial charge in [-0.1, -0.05) is 18.2 Å². The van der Waals surface area contributed by atoms with Gasteiger partial charge >= 0.3 is 5.97 Å². The summed E-state index contributed by atoms with van der Waals surface area (Å²) >= 11 is 0. The summed E-state index contributed by atoms with van der Waals surface area (Å²) in [5.74, 6) is -0.717. The standard InChI is InChI=1S/C16H19NO2/c1-11-12-6-3-4-7-14(12)17-13(11)8-5-9-16(17,2)10-15(18)19/h3-4,6-7H,5,8-10H2,1-2H3,(H,18,19). The van der Waals surface area contributed by atoms with Crippen molar-refractivity contribution in [3.8, 4) is 0 Å². The number of benzene rings is 1. The average molecular weight is 257 g/mol. The van der Waals surface area contributed by atoms with E-state index in [-0.39, 0.29) is 12.0 Å². The molecule has 0 amide bonds. The summed E-state index contributed by atoms with van der Waals surface area (Å²) in [4.78, 5) is 11.2. The van der Waals surface area contributed by atoms with Crippen LogP contribution in [0.25, 0.3) is 10.9 Å². The Balaban J connectivity index is 2.29. The van der Waals surface area contributed by atoms with Crippen LogP contribution >= 0.6 is 0 Å². The molecule has 0 saturated heterocycles. The lowest BCUT2D eigenvalue weighted by Gasteiger charge is -2.37. The Morgan fingerprint density at radius 1 is 1.42 bits per heavy atom. The number of hydrogen-bond donors (Lipinski definition) is 1. The maximum absolute atomic E-state index is 11.2. The minimum Gasteiger partial charge on any atom is -0.481 e. The molecule has 3 heteroatoms. The fourth-order valence-corrected chi connectivity index (χ4v) is 3.61. The molecule has 3 rings (SSSR count). The maximum atomic E-state index is 11.2. The molecule has 0 fully saturated rings. The largest absolute Gasteiger partial charge is 0.481 e. The van der Waals surface area contributed by atoms with Crippen LogP contribution in [0.4, 0.5) is 0 Å². The zero-order chi connectivity index (χ0) is 13.6. The van der Waals surface area contributed by atoms with Gasteiger partial charge in [-0.15, -0.1) is 0 Å². The summed E-state index contributed by atoms with van der Waals surface area (Å²) < 4.78 is 2.29. The number of fused-ring (bicyclic) bond motifs is 3. The van der Waals surface area contributed by atoms with Crippen molar-refractivity contribution in [1.29, 1.82) is 0 Å². The number of carboxylic acid groups (broad SMARTS) is 1. The number of rotatable bonds is 2. The molecule has 0 saturated carbocycles. The summed E-state index contributed by atoms with van der Waals surface area (Å²) in [6.45, 7) is 4.23. The monoisotopic (exact) mass is 257 g/mol. The third-order valence-corrected chi connectivity index (χ3v) is 4.45. The molecule has 1 N–H and O–H groups in total. The number of carbonyl (C=O) groups is 1. The Kier molecular flexibility index (Phi) is 2.66. The van der Waals surface area contributed by atoms with Gasteiger partial charge in [-0.3, -0.25) is 4.79 Å². The summed E-state index contributed by atoms with van der Waals surface area (Å²) in [7, 11) is 0. The van der Waals surface area contributed by atoms with E-state index in [1.54, 1.807) is 0 Å². The normalized spacial score (nSPS) is 22.4. The average Bonchev–Trinajstić information content (AvgIpc) is 2.64. The van der Waals surface area contributed by atoms with Crippen LogP contribution in [0.5, 0.6) is 0 Å². The molecular weight excluding hydrogens is 238 g/mol. The van der Waals surface area contributed by atoms with Gasteiger partial charge in [-0.25, -0.2) is 0 Å². The molecule has 0 radical (unpaired) electrons. The molecule has 0 aliphatic carbocycles. The summed E-state index contributed by atoms with van der Waals surface area (Å²) in [6, 6.07) is 8.33. The van der Waals surface area contributed by atoms with Crippen LogP contribution in [0.1, 0.15) is 37.4 Å². The Labute approximate surface area is 112 Å². The summed E-state index contributed by atoms with van der Waals surface area (Å²) in [5, 5.41) is 10.5. The number of aliphatic carboxylic acids is 1. The SMILES string of the molecule is Cc1c2n(c3ccccc13)C(C)(CC(=O)O)CCC2. The highest BCUT2D eigenvalue weighted by Gasteiger charge is 2.35. The Bertz CT molecular complexity index is 656. The van der Waals surface area contributed by atoms with E-state index in [4.69, 9.17) is 0 Å². The first-order valence-corrected chi connectivity index (χ1v) is 6.84. The molecule has 2 aromatic rings. The van der Waals surface area contributed by atoms with Crippen molar-refractivity contribution in [2.75, 3.05) is 0 Å². The van der Waals surface area contributed by atoms with Gasteiger partial charge in [0, 0.05) is 16.6 Å². The number of carboxylic acids is 1. The van der Waals surface area contributed by atoms with E-state index in [2.05, 4.69) is 36.6 Å². The molecule has 1 aliphatic heterocycles. The van der Waals surface area contributed by atoms with Gasteiger partial charge in [0.05, 0.1) is 12.0 Å². The van der Waals surface area contributed by atoms with Crippen molar-refractivity contribution in [3.63, 3.8) is 0 Å². The van der Waals surface area contributed by atoms with E-state index >= 15 is 0 Å². The number of hydrogen-bond acceptors (Lipinski definition) is 1. The second-order valence-corrected chi connectivity index (χ2v) is 5.85. The zero-order valence-corrected chi connectivity index (χ0v) is 11.4. The number of para-hydroxylation sites is 1. The zero-order valence-electron chi connectivity index (χ0n) is 11.4. The minimum atomic E-state index is -0.717. The fraction of sp³-hybridized carbons (Fsp3) is 0.438. The minimum absolute atomic E-state index is 0.193. The van der Waals surface area contributed by atoms with Crippen molar-refractivity contribution >= 4 is 16.9 Å². The highest BCUT2D eigenvalue weighted by molar-refractivity contribution is 5.86. The molecule has 3 nitrogen and oxygen atoms in total.